The van der Waals surface area contributed by atoms with Crippen molar-refractivity contribution in [3.05, 3.63) is 46.4 Å². The number of hydrogen-bond donors (Lipinski definition) is 2. The maximum absolute atomic E-state index is 13.6. The van der Waals surface area contributed by atoms with Crippen molar-refractivity contribution in [2.45, 2.75) is 25.8 Å². The fraction of sp³-hybridized carbons (Fsp3) is 0.375. The number of aromatic nitrogens is 1. The Morgan fingerprint density at radius 2 is 2.17 bits per heavy atom. The zero-order chi connectivity index (χ0) is 18.1. The van der Waals surface area contributed by atoms with Crippen molar-refractivity contribution in [2.75, 3.05) is 18.9 Å². The van der Waals surface area contributed by atoms with E-state index in [2.05, 4.69) is 10.3 Å². The fourth-order valence-electron chi connectivity index (χ4n) is 2.33. The smallest absolute Gasteiger partial charge is 0.356 e. The Kier molecular flexibility index (Phi) is 5.13. The molecule has 0 radical (unpaired) electrons. The molecular weight excluding hydrogens is 340 g/mol. The van der Waals surface area contributed by atoms with Gasteiger partial charge in [0.05, 0.1) is 5.69 Å². The third-order valence-electron chi connectivity index (χ3n) is 3.88. The average Bonchev–Trinajstić information content (AvgIpc) is 2.48. The summed E-state index contributed by atoms with van der Waals surface area (Å²) in [6.07, 6.45) is 2.86. The second kappa shape index (κ2) is 6.76. The van der Waals surface area contributed by atoms with Gasteiger partial charge < -0.3 is 15.3 Å². The number of hydrogen-bond acceptors (Lipinski definition) is 4. The van der Waals surface area contributed by atoms with Crippen LogP contribution in [0, 0.1) is 0 Å². The van der Waals surface area contributed by atoms with Crippen molar-refractivity contribution < 1.29 is 18.7 Å². The van der Waals surface area contributed by atoms with E-state index >= 15 is 0 Å². The van der Waals surface area contributed by atoms with Crippen LogP contribution in [0.1, 0.15) is 24.3 Å². The van der Waals surface area contributed by atoms with Crippen LogP contribution in [0.4, 0.5) is 14.5 Å². The lowest BCUT2D eigenvalue weighted by Gasteiger charge is -2.32. The van der Waals surface area contributed by atoms with E-state index in [0.29, 0.717) is 5.57 Å². The second-order valence-electron chi connectivity index (χ2n) is 5.72. The van der Waals surface area contributed by atoms with Gasteiger partial charge in [0.25, 0.3) is 5.92 Å². The average molecular weight is 358 g/mol. The second-order valence-corrected chi connectivity index (χ2v) is 6.11. The summed E-state index contributed by atoms with van der Waals surface area (Å²) < 4.78 is 27.2. The zero-order valence-corrected chi connectivity index (χ0v) is 14.2. The number of alkyl halides is 2. The molecule has 1 aliphatic rings. The number of likely N-dealkylation sites (N-methyl/N-ethyl adjacent to an activating group) is 1. The summed E-state index contributed by atoms with van der Waals surface area (Å²) in [6.45, 7) is 2.94. The molecule has 1 unspecified atom stereocenters. The van der Waals surface area contributed by atoms with E-state index in [9.17, 15) is 18.7 Å². The Balaban J connectivity index is 2.24. The molecule has 0 spiro atoms. The first-order valence-corrected chi connectivity index (χ1v) is 7.63. The highest BCUT2D eigenvalue weighted by atomic mass is 35.5. The van der Waals surface area contributed by atoms with Gasteiger partial charge in [-0.1, -0.05) is 11.6 Å². The van der Waals surface area contributed by atoms with E-state index in [1.807, 2.05) is 6.92 Å². The normalized spacial score (nSPS) is 18.1. The number of carbonyl (C=O) groups is 1. The molecule has 1 atom stereocenters. The topological polar surface area (TPSA) is 65.5 Å². The number of carboxylic acid groups (broad SMARTS) is 1. The molecule has 2 rings (SSSR count). The third kappa shape index (κ3) is 4.03. The molecule has 5 nitrogen and oxygen atoms in total. The molecule has 0 bridgehead atoms. The molecule has 2 heterocycles. The van der Waals surface area contributed by atoms with Crippen LogP contribution in [-0.4, -0.2) is 46.5 Å². The molecule has 8 heteroatoms. The molecule has 0 fully saturated rings. The standard InChI is InChI=1S/C16H18ClF2N3O2/c1-9-10(6-11(8-22(9)3)16(2,18)19)7-20-12-4-5-13(17)21-14(12)15(23)24/h4-6,8-9,20H,7H2,1-3H3,(H,23,24). The maximum Gasteiger partial charge on any atom is 0.356 e. The number of carboxylic acids is 1. The van der Waals surface area contributed by atoms with E-state index < -0.39 is 11.9 Å². The fourth-order valence-corrected chi connectivity index (χ4v) is 2.47. The highest BCUT2D eigenvalue weighted by Gasteiger charge is 2.30. The number of nitrogens with zero attached hydrogens (tertiary/aromatic N) is 2. The molecule has 130 valence electrons. The molecule has 0 aliphatic carbocycles. The molecule has 0 saturated heterocycles. The SMILES string of the molecule is CC1C(CNc2ccc(Cl)nc2C(=O)O)=CC(C(C)(F)F)=CN1C. The predicted molar refractivity (Wildman–Crippen MR) is 88.7 cm³/mol. The van der Waals surface area contributed by atoms with Crippen LogP contribution in [0.2, 0.25) is 5.15 Å². The van der Waals surface area contributed by atoms with Gasteiger partial charge in [-0.05, 0) is 30.7 Å². The van der Waals surface area contributed by atoms with Crippen LogP contribution in [0.5, 0.6) is 0 Å². The van der Waals surface area contributed by atoms with Crippen molar-refractivity contribution in [1.82, 2.24) is 9.88 Å². The van der Waals surface area contributed by atoms with Gasteiger partial charge >= 0.3 is 5.97 Å². The number of nitrogens with one attached hydrogen (secondary N) is 1. The number of pyridine rings is 1. The number of rotatable bonds is 5. The quantitative estimate of drug-likeness (QED) is 0.787. The molecule has 1 aromatic rings. The largest absolute Gasteiger partial charge is 0.476 e. The summed E-state index contributed by atoms with van der Waals surface area (Å²) in [5.74, 6) is -4.17. The predicted octanol–water partition coefficient (Wildman–Crippen LogP) is 3.64. The van der Waals surface area contributed by atoms with Gasteiger partial charge in [0.1, 0.15) is 5.15 Å². The van der Waals surface area contributed by atoms with E-state index in [1.54, 1.807) is 11.9 Å². The molecule has 1 aliphatic heterocycles. The van der Waals surface area contributed by atoms with Gasteiger partial charge in [0.2, 0.25) is 0 Å². The van der Waals surface area contributed by atoms with Crippen molar-refractivity contribution in [3.63, 3.8) is 0 Å². The number of halogens is 3. The van der Waals surface area contributed by atoms with Crippen LogP contribution in [0.15, 0.2) is 35.6 Å². The molecular formula is C16H18ClF2N3O2. The van der Waals surface area contributed by atoms with E-state index in [-0.39, 0.29) is 34.7 Å². The lowest BCUT2D eigenvalue weighted by Crippen LogP contribution is -2.34. The van der Waals surface area contributed by atoms with Crippen LogP contribution in [-0.2, 0) is 0 Å². The van der Waals surface area contributed by atoms with Crippen LogP contribution >= 0.6 is 11.6 Å². The first-order chi connectivity index (χ1) is 11.1. The van der Waals surface area contributed by atoms with Crippen molar-refractivity contribution >= 4 is 23.3 Å². The lowest BCUT2D eigenvalue weighted by atomic mass is 9.97. The molecule has 1 aromatic heterocycles. The van der Waals surface area contributed by atoms with Crippen molar-refractivity contribution in [3.8, 4) is 0 Å². The molecule has 0 amide bonds. The number of allylic oxidation sites excluding steroid dienone is 2. The van der Waals surface area contributed by atoms with Gasteiger partial charge in [-0.25, -0.2) is 18.6 Å². The number of anilines is 1. The minimum Gasteiger partial charge on any atom is -0.476 e. The molecule has 24 heavy (non-hydrogen) atoms. The summed E-state index contributed by atoms with van der Waals surface area (Å²) in [7, 11) is 1.72. The van der Waals surface area contributed by atoms with Gasteiger partial charge in [0.15, 0.2) is 5.69 Å². The minimum atomic E-state index is -2.95. The summed E-state index contributed by atoms with van der Waals surface area (Å²) in [5.41, 5.74) is 0.689. The minimum absolute atomic E-state index is 0.0683. The number of aromatic carboxylic acids is 1. The highest BCUT2D eigenvalue weighted by Crippen LogP contribution is 2.30. The Bertz CT molecular complexity index is 714. The van der Waals surface area contributed by atoms with Crippen molar-refractivity contribution in [2.24, 2.45) is 0 Å². The molecule has 0 saturated carbocycles. The first kappa shape index (κ1) is 18.2. The highest BCUT2D eigenvalue weighted by molar-refractivity contribution is 6.29. The summed E-state index contributed by atoms with van der Waals surface area (Å²) >= 11 is 5.71. The van der Waals surface area contributed by atoms with Gasteiger partial charge in [0, 0.05) is 38.3 Å². The van der Waals surface area contributed by atoms with Crippen LogP contribution in [0.3, 0.4) is 0 Å². The molecule has 0 aromatic carbocycles. The Morgan fingerprint density at radius 3 is 2.75 bits per heavy atom. The Labute approximate surface area is 143 Å². The van der Waals surface area contributed by atoms with E-state index in [1.165, 1.54) is 24.4 Å². The lowest BCUT2D eigenvalue weighted by molar-refractivity contribution is 0.0641. The Morgan fingerprint density at radius 1 is 1.50 bits per heavy atom. The Hall–Kier alpha value is -2.15. The van der Waals surface area contributed by atoms with E-state index in [4.69, 9.17) is 11.6 Å². The van der Waals surface area contributed by atoms with Crippen LogP contribution in [0.25, 0.3) is 0 Å². The van der Waals surface area contributed by atoms with Gasteiger partial charge in [-0.15, -0.1) is 0 Å². The van der Waals surface area contributed by atoms with Crippen molar-refractivity contribution in [1.29, 1.82) is 0 Å². The maximum atomic E-state index is 13.6. The van der Waals surface area contributed by atoms with Gasteiger partial charge in [-0.2, -0.15) is 0 Å². The summed E-state index contributed by atoms with van der Waals surface area (Å²) in [5, 5.41) is 12.2. The van der Waals surface area contributed by atoms with Gasteiger partial charge in [-0.3, -0.25) is 0 Å². The summed E-state index contributed by atoms with van der Waals surface area (Å²) in [4.78, 5) is 16.7. The van der Waals surface area contributed by atoms with E-state index in [0.717, 1.165) is 6.92 Å². The zero-order valence-electron chi connectivity index (χ0n) is 13.5. The molecule has 2 N–H and O–H groups in total. The third-order valence-corrected chi connectivity index (χ3v) is 4.10. The monoisotopic (exact) mass is 357 g/mol. The summed E-state index contributed by atoms with van der Waals surface area (Å²) in [6, 6.07) is 2.87. The van der Waals surface area contributed by atoms with Crippen LogP contribution < -0.4 is 5.32 Å². The first-order valence-electron chi connectivity index (χ1n) is 7.26.